The van der Waals surface area contributed by atoms with E-state index in [1.165, 1.54) is 0 Å². The normalized spacial score (nSPS) is 16.6. The molecule has 1 aromatic rings. The number of benzene rings is 1. The van der Waals surface area contributed by atoms with Gasteiger partial charge in [-0.3, -0.25) is 9.59 Å². The second-order valence-electron chi connectivity index (χ2n) is 3.85. The van der Waals surface area contributed by atoms with E-state index < -0.39 is 17.3 Å². The Bertz CT molecular complexity index is 437. The molecule has 1 amide bonds. The van der Waals surface area contributed by atoms with Crippen molar-refractivity contribution in [2.24, 2.45) is 5.41 Å². The Kier molecular flexibility index (Phi) is 2.71. The predicted molar refractivity (Wildman–Crippen MR) is 62.1 cm³/mol. The van der Waals surface area contributed by atoms with Crippen molar-refractivity contribution in [3.8, 4) is 0 Å². The van der Waals surface area contributed by atoms with Crippen LogP contribution in [0.1, 0.15) is 12.8 Å². The van der Waals surface area contributed by atoms with Crippen LogP contribution in [-0.2, 0) is 9.59 Å². The highest BCUT2D eigenvalue weighted by Gasteiger charge is 2.57. The van der Waals surface area contributed by atoms with E-state index in [0.29, 0.717) is 18.5 Å². The van der Waals surface area contributed by atoms with Gasteiger partial charge in [-0.15, -0.1) is 0 Å². The Morgan fingerprint density at radius 3 is 2.25 bits per heavy atom. The van der Waals surface area contributed by atoms with E-state index in [1.54, 1.807) is 24.3 Å². The van der Waals surface area contributed by atoms with Crippen molar-refractivity contribution < 1.29 is 14.7 Å². The summed E-state index contributed by atoms with van der Waals surface area (Å²) in [5, 5.41) is 11.5. The lowest BCUT2D eigenvalue weighted by molar-refractivity contribution is -0.147. The van der Waals surface area contributed by atoms with Crippen LogP contribution in [-0.4, -0.2) is 17.0 Å². The minimum atomic E-state index is -1.19. The topological polar surface area (TPSA) is 66.4 Å². The van der Waals surface area contributed by atoms with Crippen LogP contribution in [0.25, 0.3) is 0 Å². The van der Waals surface area contributed by atoms with E-state index in [4.69, 9.17) is 5.11 Å². The average molecular weight is 284 g/mol. The fourth-order valence-electron chi connectivity index (χ4n) is 1.45. The van der Waals surface area contributed by atoms with Gasteiger partial charge in [0.25, 0.3) is 0 Å². The lowest BCUT2D eigenvalue weighted by atomic mass is 10.1. The summed E-state index contributed by atoms with van der Waals surface area (Å²) in [6.07, 6.45) is 0.843. The summed E-state index contributed by atoms with van der Waals surface area (Å²) < 4.78 is 0.907. The SMILES string of the molecule is O=C(O)C1(C(=O)Nc2ccc(Br)cc2)CC1. The molecule has 0 bridgehead atoms. The number of carbonyl (C=O) groups excluding carboxylic acids is 1. The molecule has 0 radical (unpaired) electrons. The fraction of sp³-hybridized carbons (Fsp3) is 0.273. The maximum atomic E-state index is 11.7. The number of rotatable bonds is 3. The van der Waals surface area contributed by atoms with Crippen LogP contribution in [0.5, 0.6) is 0 Å². The molecule has 0 unspecified atom stereocenters. The monoisotopic (exact) mass is 283 g/mol. The number of aliphatic carboxylic acids is 1. The van der Waals surface area contributed by atoms with Crippen molar-refractivity contribution in [1.29, 1.82) is 0 Å². The second kappa shape index (κ2) is 3.90. The Labute approximate surface area is 101 Å². The van der Waals surface area contributed by atoms with Gasteiger partial charge in [-0.2, -0.15) is 0 Å². The highest BCUT2D eigenvalue weighted by atomic mass is 79.9. The van der Waals surface area contributed by atoms with E-state index in [9.17, 15) is 9.59 Å². The number of nitrogens with one attached hydrogen (secondary N) is 1. The molecule has 0 saturated heterocycles. The van der Waals surface area contributed by atoms with Crippen molar-refractivity contribution in [1.82, 2.24) is 0 Å². The number of carboxylic acids is 1. The molecule has 1 saturated carbocycles. The molecule has 16 heavy (non-hydrogen) atoms. The minimum Gasteiger partial charge on any atom is -0.480 e. The van der Waals surface area contributed by atoms with Crippen molar-refractivity contribution in [2.75, 3.05) is 5.32 Å². The fourth-order valence-corrected chi connectivity index (χ4v) is 1.71. The van der Waals surface area contributed by atoms with Gasteiger partial charge in [0.1, 0.15) is 5.41 Å². The van der Waals surface area contributed by atoms with E-state index >= 15 is 0 Å². The first-order valence-electron chi connectivity index (χ1n) is 4.85. The number of carboxylic acid groups (broad SMARTS) is 1. The highest BCUT2D eigenvalue weighted by Crippen LogP contribution is 2.46. The average Bonchev–Trinajstić information content (AvgIpc) is 3.02. The van der Waals surface area contributed by atoms with Crippen molar-refractivity contribution >= 4 is 33.5 Å². The zero-order valence-electron chi connectivity index (χ0n) is 8.37. The highest BCUT2D eigenvalue weighted by molar-refractivity contribution is 9.10. The lowest BCUT2D eigenvalue weighted by Crippen LogP contribution is -2.31. The molecule has 0 heterocycles. The third-order valence-electron chi connectivity index (χ3n) is 2.70. The molecule has 84 valence electrons. The maximum Gasteiger partial charge on any atom is 0.319 e. The molecule has 2 rings (SSSR count). The van der Waals surface area contributed by atoms with Gasteiger partial charge in [-0.1, -0.05) is 15.9 Å². The van der Waals surface area contributed by atoms with Crippen molar-refractivity contribution in [3.05, 3.63) is 28.7 Å². The largest absolute Gasteiger partial charge is 0.480 e. The van der Waals surface area contributed by atoms with Crippen LogP contribution in [0.15, 0.2) is 28.7 Å². The Balaban J connectivity index is 2.08. The molecule has 1 aliphatic carbocycles. The molecule has 1 fully saturated rings. The Hall–Kier alpha value is -1.36. The number of anilines is 1. The molecular weight excluding hydrogens is 274 g/mol. The summed E-state index contributed by atoms with van der Waals surface area (Å²) >= 11 is 3.28. The molecule has 5 heteroatoms. The summed E-state index contributed by atoms with van der Waals surface area (Å²) in [5.74, 6) is -1.47. The van der Waals surface area contributed by atoms with Gasteiger partial charge in [0.05, 0.1) is 0 Å². The van der Waals surface area contributed by atoms with Gasteiger partial charge in [0, 0.05) is 10.2 Å². The van der Waals surface area contributed by atoms with Gasteiger partial charge >= 0.3 is 5.97 Å². The molecule has 0 atom stereocenters. The minimum absolute atomic E-state index is 0.421. The van der Waals surface area contributed by atoms with Crippen LogP contribution in [0.3, 0.4) is 0 Å². The first-order chi connectivity index (χ1) is 7.54. The van der Waals surface area contributed by atoms with Crippen molar-refractivity contribution in [2.45, 2.75) is 12.8 Å². The Morgan fingerprint density at radius 1 is 1.25 bits per heavy atom. The summed E-state index contributed by atoms with van der Waals surface area (Å²) in [6.45, 7) is 0. The van der Waals surface area contributed by atoms with Crippen LogP contribution >= 0.6 is 15.9 Å². The number of hydrogen-bond donors (Lipinski definition) is 2. The van der Waals surface area contributed by atoms with Crippen LogP contribution < -0.4 is 5.32 Å². The second-order valence-corrected chi connectivity index (χ2v) is 4.76. The van der Waals surface area contributed by atoms with E-state index in [1.807, 2.05) is 0 Å². The quantitative estimate of drug-likeness (QED) is 0.837. The van der Waals surface area contributed by atoms with Gasteiger partial charge in [0.15, 0.2) is 0 Å². The summed E-state index contributed by atoms with van der Waals surface area (Å²) in [7, 11) is 0. The summed E-state index contributed by atoms with van der Waals surface area (Å²) in [6, 6.07) is 7.02. The lowest BCUT2D eigenvalue weighted by Gasteiger charge is -2.10. The molecule has 1 aliphatic rings. The smallest absolute Gasteiger partial charge is 0.319 e. The number of carbonyl (C=O) groups is 2. The van der Waals surface area contributed by atoms with Crippen LogP contribution in [0.2, 0.25) is 0 Å². The van der Waals surface area contributed by atoms with Gasteiger partial charge in [-0.25, -0.2) is 0 Å². The van der Waals surface area contributed by atoms with Crippen LogP contribution in [0.4, 0.5) is 5.69 Å². The zero-order chi connectivity index (χ0) is 11.8. The number of halogens is 1. The Morgan fingerprint density at radius 2 is 1.81 bits per heavy atom. The molecule has 4 nitrogen and oxygen atoms in total. The maximum absolute atomic E-state index is 11.7. The summed E-state index contributed by atoms with van der Waals surface area (Å²) in [4.78, 5) is 22.6. The molecule has 2 N–H and O–H groups in total. The third kappa shape index (κ3) is 1.95. The first-order valence-corrected chi connectivity index (χ1v) is 5.64. The van der Waals surface area contributed by atoms with Gasteiger partial charge < -0.3 is 10.4 Å². The van der Waals surface area contributed by atoms with E-state index in [-0.39, 0.29) is 0 Å². The van der Waals surface area contributed by atoms with Crippen LogP contribution in [0, 0.1) is 5.41 Å². The summed E-state index contributed by atoms with van der Waals surface area (Å²) in [5.41, 5.74) is -0.576. The molecular formula is C11H10BrNO3. The van der Waals surface area contributed by atoms with Gasteiger partial charge in [-0.05, 0) is 37.1 Å². The van der Waals surface area contributed by atoms with Gasteiger partial charge in [0.2, 0.25) is 5.91 Å². The number of amides is 1. The van der Waals surface area contributed by atoms with Crippen molar-refractivity contribution in [3.63, 3.8) is 0 Å². The number of hydrogen-bond acceptors (Lipinski definition) is 2. The zero-order valence-corrected chi connectivity index (χ0v) is 9.95. The molecule has 0 aliphatic heterocycles. The molecule has 0 spiro atoms. The van der Waals surface area contributed by atoms with E-state index in [0.717, 1.165) is 4.47 Å². The third-order valence-corrected chi connectivity index (χ3v) is 3.22. The van der Waals surface area contributed by atoms with E-state index in [2.05, 4.69) is 21.2 Å². The molecule has 1 aromatic carbocycles. The standard InChI is InChI=1S/C11H10BrNO3/c12-7-1-3-8(4-2-7)13-9(14)11(5-6-11)10(15)16/h1-4H,5-6H2,(H,13,14)(H,15,16). The first kappa shape index (κ1) is 11.1. The molecule has 0 aromatic heterocycles. The predicted octanol–water partition coefficient (Wildman–Crippen LogP) is 2.25.